The van der Waals surface area contributed by atoms with E-state index in [1.165, 1.54) is 25.9 Å². The van der Waals surface area contributed by atoms with E-state index in [0.717, 1.165) is 47.5 Å². The predicted octanol–water partition coefficient (Wildman–Crippen LogP) is 10.8. The van der Waals surface area contributed by atoms with Gasteiger partial charge in [-0.2, -0.15) is 0 Å². The van der Waals surface area contributed by atoms with Crippen LogP contribution in [0.25, 0.3) is 31.6 Å². The smallest absolute Gasteiger partial charge is 0.140 e. The summed E-state index contributed by atoms with van der Waals surface area (Å²) in [5, 5.41) is 5.92. The van der Waals surface area contributed by atoms with Crippen molar-refractivity contribution in [3.63, 3.8) is 0 Å². The number of thiophene rings is 1. The van der Waals surface area contributed by atoms with E-state index in [1.54, 1.807) is 14.2 Å². The maximum absolute atomic E-state index is 5.74. The summed E-state index contributed by atoms with van der Waals surface area (Å²) in [5.74, 6) is 1.85. The van der Waals surface area contributed by atoms with Gasteiger partial charge in [0, 0.05) is 41.3 Å². The molecule has 6 heteroatoms. The van der Waals surface area contributed by atoms with Gasteiger partial charge < -0.3 is 9.47 Å². The fraction of sp³-hybridized carbons (Fsp3) is 0.0968. The van der Waals surface area contributed by atoms with E-state index < -0.39 is 0 Å². The van der Waals surface area contributed by atoms with Crippen LogP contribution in [0.15, 0.2) is 104 Å². The molecule has 0 aliphatic heterocycles. The molecule has 6 aromatic rings. The topological polar surface area (TPSA) is 18.5 Å². The maximum Gasteiger partial charge on any atom is 0.140 e. The van der Waals surface area contributed by atoms with Crippen molar-refractivity contribution in [1.82, 2.24) is 0 Å². The Morgan fingerprint density at radius 1 is 0.595 bits per heavy atom. The van der Waals surface area contributed by atoms with Gasteiger partial charge in [-0.15, -0.1) is 11.3 Å². The summed E-state index contributed by atoms with van der Waals surface area (Å²) < 4.78 is 15.6. The van der Waals surface area contributed by atoms with Crippen molar-refractivity contribution >= 4 is 90.8 Å². The summed E-state index contributed by atoms with van der Waals surface area (Å²) in [7, 11) is 3.44. The van der Waals surface area contributed by atoms with Crippen molar-refractivity contribution < 1.29 is 9.47 Å². The zero-order chi connectivity index (χ0) is 25.9. The molecule has 0 aliphatic carbocycles. The molecule has 0 saturated carbocycles. The predicted molar refractivity (Wildman–Crippen MR) is 169 cm³/mol. The standard InChI is InChI=1S/C20H15BrOS.C11H8Br2O/c1-22-20-14(12-18(21)16-7-3-4-8-17(16)20)11-15-10-13-6-2-5-9-19(13)23-15;1-14-11-8-5-3-2-4-7(8)9(12)6-10(11)13/h2-10,12H,11H2,1H3;2-6H,1H3. The third kappa shape index (κ3) is 5.44. The van der Waals surface area contributed by atoms with Crippen LogP contribution in [0.1, 0.15) is 10.4 Å². The monoisotopic (exact) mass is 696 g/mol. The lowest BCUT2D eigenvalue weighted by molar-refractivity contribution is 0.415. The minimum absolute atomic E-state index is 0.879. The molecule has 0 N–H and O–H groups in total. The largest absolute Gasteiger partial charge is 0.496 e. The molecule has 5 aromatic carbocycles. The van der Waals surface area contributed by atoms with Crippen molar-refractivity contribution in [3.05, 3.63) is 115 Å². The highest BCUT2D eigenvalue weighted by molar-refractivity contribution is 9.11. The van der Waals surface area contributed by atoms with Crippen molar-refractivity contribution in [1.29, 1.82) is 0 Å². The Bertz CT molecular complexity index is 1690. The van der Waals surface area contributed by atoms with Gasteiger partial charge in [-0.3, -0.25) is 0 Å². The van der Waals surface area contributed by atoms with Gasteiger partial charge in [0.1, 0.15) is 11.5 Å². The van der Waals surface area contributed by atoms with Crippen molar-refractivity contribution in [3.8, 4) is 11.5 Å². The van der Waals surface area contributed by atoms with Crippen LogP contribution < -0.4 is 9.47 Å². The molecule has 1 heterocycles. The molecule has 1 aromatic heterocycles. The number of fused-ring (bicyclic) bond motifs is 3. The first kappa shape index (κ1) is 26.2. The molecule has 37 heavy (non-hydrogen) atoms. The van der Waals surface area contributed by atoms with Crippen LogP contribution >= 0.6 is 59.1 Å². The molecule has 0 fully saturated rings. The molecular formula is C31H23Br3O2S. The van der Waals surface area contributed by atoms with Crippen LogP contribution in [-0.2, 0) is 6.42 Å². The lowest BCUT2D eigenvalue weighted by Gasteiger charge is -2.13. The molecule has 2 nitrogen and oxygen atoms in total. The zero-order valence-corrected chi connectivity index (χ0v) is 25.8. The number of ether oxygens (including phenoxy) is 2. The highest BCUT2D eigenvalue weighted by Gasteiger charge is 2.13. The second-order valence-corrected chi connectivity index (χ2v) is 12.2. The van der Waals surface area contributed by atoms with E-state index in [2.05, 4.69) is 115 Å². The Kier molecular flexibility index (Phi) is 8.20. The van der Waals surface area contributed by atoms with Crippen LogP contribution in [0.2, 0.25) is 0 Å². The Morgan fingerprint density at radius 3 is 1.76 bits per heavy atom. The third-order valence-electron chi connectivity index (χ3n) is 6.17. The Hall–Kier alpha value is -2.38. The average Bonchev–Trinajstić information content (AvgIpc) is 3.32. The van der Waals surface area contributed by atoms with E-state index in [-0.39, 0.29) is 0 Å². The summed E-state index contributed by atoms with van der Waals surface area (Å²) >= 11 is 12.6. The maximum atomic E-state index is 5.74. The fourth-order valence-corrected chi connectivity index (χ4v) is 7.72. The van der Waals surface area contributed by atoms with E-state index in [9.17, 15) is 0 Å². The number of benzene rings is 5. The molecule has 0 radical (unpaired) electrons. The Labute approximate surface area is 245 Å². The van der Waals surface area contributed by atoms with Crippen LogP contribution in [0.3, 0.4) is 0 Å². The molecule has 0 bridgehead atoms. The molecule has 0 aliphatic rings. The summed E-state index contributed by atoms with van der Waals surface area (Å²) in [6.45, 7) is 0. The number of hydrogen-bond donors (Lipinski definition) is 0. The zero-order valence-electron chi connectivity index (χ0n) is 20.2. The molecule has 186 valence electrons. The first-order valence-corrected chi connectivity index (χ1v) is 14.8. The molecule has 0 atom stereocenters. The number of hydrogen-bond acceptors (Lipinski definition) is 3. The van der Waals surface area contributed by atoms with E-state index in [4.69, 9.17) is 9.47 Å². The lowest BCUT2D eigenvalue weighted by Crippen LogP contribution is -1.94. The van der Waals surface area contributed by atoms with Gasteiger partial charge in [-0.1, -0.05) is 98.6 Å². The first-order chi connectivity index (χ1) is 18.0. The van der Waals surface area contributed by atoms with Gasteiger partial charge in [0.25, 0.3) is 0 Å². The van der Waals surface area contributed by atoms with E-state index >= 15 is 0 Å². The molecular weight excluding hydrogens is 676 g/mol. The third-order valence-corrected chi connectivity index (χ3v) is 9.19. The van der Waals surface area contributed by atoms with Gasteiger partial charge in [0.15, 0.2) is 0 Å². The van der Waals surface area contributed by atoms with E-state index in [1.807, 2.05) is 35.6 Å². The van der Waals surface area contributed by atoms with Crippen molar-refractivity contribution in [2.24, 2.45) is 0 Å². The summed E-state index contributed by atoms with van der Waals surface area (Å²) in [4.78, 5) is 1.35. The van der Waals surface area contributed by atoms with Gasteiger partial charge in [0.2, 0.25) is 0 Å². The minimum Gasteiger partial charge on any atom is -0.496 e. The lowest BCUT2D eigenvalue weighted by atomic mass is 10.0. The number of methoxy groups -OCH3 is 2. The second kappa shape index (κ2) is 11.6. The fourth-order valence-electron chi connectivity index (χ4n) is 4.52. The quantitative estimate of drug-likeness (QED) is 0.182. The summed E-state index contributed by atoms with van der Waals surface area (Å²) in [6, 6.07) is 31.5. The van der Waals surface area contributed by atoms with Crippen molar-refractivity contribution in [2.45, 2.75) is 6.42 Å². The molecule has 6 rings (SSSR count). The van der Waals surface area contributed by atoms with Crippen molar-refractivity contribution in [2.75, 3.05) is 14.2 Å². The van der Waals surface area contributed by atoms with Crippen LogP contribution in [0, 0.1) is 0 Å². The molecule has 0 saturated heterocycles. The highest BCUT2D eigenvalue weighted by atomic mass is 79.9. The van der Waals surface area contributed by atoms with Crippen LogP contribution in [-0.4, -0.2) is 14.2 Å². The number of halogens is 3. The summed E-state index contributed by atoms with van der Waals surface area (Å²) in [5.41, 5.74) is 1.21. The van der Waals surface area contributed by atoms with Gasteiger partial charge in [0.05, 0.1) is 18.7 Å². The van der Waals surface area contributed by atoms with Gasteiger partial charge in [-0.05, 0) is 56.4 Å². The summed E-state index contributed by atoms with van der Waals surface area (Å²) in [6.07, 6.45) is 0.881. The minimum atomic E-state index is 0.879. The molecule has 0 unspecified atom stereocenters. The van der Waals surface area contributed by atoms with Gasteiger partial charge >= 0.3 is 0 Å². The Morgan fingerprint density at radius 2 is 1.14 bits per heavy atom. The van der Waals surface area contributed by atoms with E-state index in [0.29, 0.717) is 0 Å². The number of rotatable bonds is 4. The highest BCUT2D eigenvalue weighted by Crippen LogP contribution is 2.39. The van der Waals surface area contributed by atoms with Gasteiger partial charge in [-0.25, -0.2) is 0 Å². The molecule has 0 spiro atoms. The normalized spacial score (nSPS) is 10.9. The molecule has 0 amide bonds. The Balaban J connectivity index is 0.000000171. The van der Waals surface area contributed by atoms with Crippen LogP contribution in [0.5, 0.6) is 11.5 Å². The average molecular weight is 699 g/mol. The second-order valence-electron chi connectivity index (χ2n) is 8.44. The SMILES string of the molecule is COc1c(Br)cc(Br)c2ccccc12.COc1c(Cc2cc3ccccc3s2)cc(Br)c2ccccc12. The van der Waals surface area contributed by atoms with Crippen LogP contribution in [0.4, 0.5) is 0 Å². The first-order valence-electron chi connectivity index (χ1n) is 11.6.